The molecule has 0 saturated heterocycles. The summed E-state index contributed by atoms with van der Waals surface area (Å²) in [5, 5.41) is 16.7. The molecule has 1 heterocycles. The Hall–Kier alpha value is -3.46. The van der Waals surface area contributed by atoms with Crippen molar-refractivity contribution in [1.82, 2.24) is 25.5 Å². The summed E-state index contributed by atoms with van der Waals surface area (Å²) in [6.07, 6.45) is 1.41. The molecule has 9 nitrogen and oxygen atoms in total. The molecular weight excluding hydrogens is 370 g/mol. The Morgan fingerprint density at radius 1 is 1.19 bits per heavy atom. The molecular formula is C17H16ClN7O2. The van der Waals surface area contributed by atoms with Crippen LogP contribution in [0.25, 0.3) is 5.69 Å². The molecule has 3 amide bonds. The van der Waals surface area contributed by atoms with Crippen molar-refractivity contribution in [3.05, 3.63) is 65.4 Å². The number of amides is 3. The molecule has 0 spiro atoms. The summed E-state index contributed by atoms with van der Waals surface area (Å²) in [6, 6.07) is 12.6. The van der Waals surface area contributed by atoms with Gasteiger partial charge in [0, 0.05) is 10.7 Å². The van der Waals surface area contributed by atoms with Crippen LogP contribution in [0.3, 0.4) is 0 Å². The largest absolute Gasteiger partial charge is 0.352 e. The molecule has 0 bridgehead atoms. The van der Waals surface area contributed by atoms with E-state index in [1.165, 1.54) is 11.0 Å². The molecule has 0 aliphatic carbocycles. The van der Waals surface area contributed by atoms with Crippen LogP contribution in [0.4, 0.5) is 10.5 Å². The zero-order valence-electron chi connectivity index (χ0n) is 14.0. The standard InChI is InChI=1S/C17H16ClN7O2/c18-14-7-2-1-6-13(14)15(22-17(19)27)9-16(26)21-11-4-3-5-12(8-11)25-10-20-23-24-25/h1-8,10,15H,9H2,(H,21,26)(H3,19,22,27)/t15-/m0/s1. The highest BCUT2D eigenvalue weighted by atomic mass is 35.5. The van der Waals surface area contributed by atoms with E-state index in [4.69, 9.17) is 17.3 Å². The maximum atomic E-state index is 12.5. The fourth-order valence-electron chi connectivity index (χ4n) is 2.57. The molecule has 3 aromatic rings. The van der Waals surface area contributed by atoms with Gasteiger partial charge in [-0.1, -0.05) is 35.9 Å². The second kappa shape index (κ2) is 8.28. The number of carbonyl (C=O) groups is 2. The number of nitrogens with zero attached hydrogens (tertiary/aromatic N) is 4. The first kappa shape index (κ1) is 18.3. The van der Waals surface area contributed by atoms with Crippen molar-refractivity contribution >= 4 is 29.2 Å². The van der Waals surface area contributed by atoms with E-state index in [-0.39, 0.29) is 12.3 Å². The Morgan fingerprint density at radius 2 is 2.00 bits per heavy atom. The lowest BCUT2D eigenvalue weighted by Crippen LogP contribution is -2.35. The van der Waals surface area contributed by atoms with Gasteiger partial charge in [-0.05, 0) is 40.3 Å². The third-order valence-corrected chi connectivity index (χ3v) is 4.07. The second-order valence-corrected chi connectivity index (χ2v) is 6.05. The van der Waals surface area contributed by atoms with E-state index in [2.05, 4.69) is 26.2 Å². The summed E-state index contributed by atoms with van der Waals surface area (Å²) in [6.45, 7) is 0. The lowest BCUT2D eigenvalue weighted by atomic mass is 10.0. The van der Waals surface area contributed by atoms with Crippen LogP contribution in [0.1, 0.15) is 18.0 Å². The van der Waals surface area contributed by atoms with Gasteiger partial charge in [0.1, 0.15) is 6.33 Å². The van der Waals surface area contributed by atoms with Crippen LogP contribution in [0, 0.1) is 0 Å². The number of nitrogens with two attached hydrogens (primary N) is 1. The summed E-state index contributed by atoms with van der Waals surface area (Å²) in [5.41, 5.74) is 7.09. The summed E-state index contributed by atoms with van der Waals surface area (Å²) in [4.78, 5) is 23.8. The van der Waals surface area contributed by atoms with E-state index < -0.39 is 12.1 Å². The van der Waals surface area contributed by atoms with E-state index in [0.29, 0.717) is 22.0 Å². The first-order valence-electron chi connectivity index (χ1n) is 7.96. The zero-order valence-corrected chi connectivity index (χ0v) is 14.8. The highest BCUT2D eigenvalue weighted by Crippen LogP contribution is 2.25. The smallest absolute Gasteiger partial charge is 0.312 e. The van der Waals surface area contributed by atoms with E-state index in [9.17, 15) is 9.59 Å². The fourth-order valence-corrected chi connectivity index (χ4v) is 2.84. The van der Waals surface area contributed by atoms with Crippen molar-refractivity contribution in [3.8, 4) is 5.69 Å². The number of hydrogen-bond acceptors (Lipinski definition) is 5. The number of hydrogen-bond donors (Lipinski definition) is 3. The molecule has 1 aromatic heterocycles. The van der Waals surface area contributed by atoms with Crippen LogP contribution in [-0.2, 0) is 4.79 Å². The molecule has 2 aromatic carbocycles. The maximum absolute atomic E-state index is 12.5. The fraction of sp³-hybridized carbons (Fsp3) is 0.118. The number of nitrogens with one attached hydrogen (secondary N) is 2. The molecule has 0 saturated carbocycles. The predicted octanol–water partition coefficient (Wildman–Crippen LogP) is 2.05. The van der Waals surface area contributed by atoms with E-state index >= 15 is 0 Å². The van der Waals surface area contributed by atoms with Crippen LogP contribution in [0.15, 0.2) is 54.9 Å². The normalized spacial score (nSPS) is 11.6. The molecule has 0 aliphatic heterocycles. The van der Waals surface area contributed by atoms with Gasteiger partial charge in [0.05, 0.1) is 18.2 Å². The maximum Gasteiger partial charge on any atom is 0.312 e. The van der Waals surface area contributed by atoms with Gasteiger partial charge in [-0.3, -0.25) is 4.79 Å². The lowest BCUT2D eigenvalue weighted by molar-refractivity contribution is -0.116. The molecule has 27 heavy (non-hydrogen) atoms. The van der Waals surface area contributed by atoms with Crippen molar-refractivity contribution in [2.45, 2.75) is 12.5 Å². The number of benzene rings is 2. The Balaban J connectivity index is 1.74. The molecule has 10 heteroatoms. The van der Waals surface area contributed by atoms with E-state index in [1.807, 2.05) is 0 Å². The molecule has 1 atom stereocenters. The number of halogens is 1. The Morgan fingerprint density at radius 3 is 2.70 bits per heavy atom. The van der Waals surface area contributed by atoms with Gasteiger partial charge in [0.25, 0.3) is 0 Å². The van der Waals surface area contributed by atoms with Crippen LogP contribution in [0.2, 0.25) is 5.02 Å². The zero-order chi connectivity index (χ0) is 19.2. The number of anilines is 1. The Labute approximate surface area is 159 Å². The van der Waals surface area contributed by atoms with Crippen molar-refractivity contribution in [1.29, 1.82) is 0 Å². The van der Waals surface area contributed by atoms with Crippen molar-refractivity contribution in [2.75, 3.05) is 5.32 Å². The Kier molecular flexibility index (Phi) is 5.62. The summed E-state index contributed by atoms with van der Waals surface area (Å²) in [5.74, 6) is -0.317. The first-order chi connectivity index (χ1) is 13.0. The van der Waals surface area contributed by atoms with Gasteiger partial charge >= 0.3 is 6.03 Å². The van der Waals surface area contributed by atoms with Gasteiger partial charge in [-0.15, -0.1) is 5.10 Å². The number of urea groups is 1. The van der Waals surface area contributed by atoms with Crippen molar-refractivity contribution < 1.29 is 9.59 Å². The molecule has 0 aliphatic rings. The average Bonchev–Trinajstić information content (AvgIpc) is 3.16. The molecule has 3 rings (SSSR count). The number of primary amides is 1. The van der Waals surface area contributed by atoms with Crippen LogP contribution in [0.5, 0.6) is 0 Å². The van der Waals surface area contributed by atoms with Crippen LogP contribution in [-0.4, -0.2) is 32.1 Å². The quantitative estimate of drug-likeness (QED) is 0.598. The highest BCUT2D eigenvalue weighted by molar-refractivity contribution is 6.31. The summed E-state index contributed by atoms with van der Waals surface area (Å²) in [7, 11) is 0. The summed E-state index contributed by atoms with van der Waals surface area (Å²) < 4.78 is 1.47. The van der Waals surface area contributed by atoms with Crippen molar-refractivity contribution in [2.24, 2.45) is 5.73 Å². The van der Waals surface area contributed by atoms with Gasteiger partial charge in [0.2, 0.25) is 5.91 Å². The van der Waals surface area contributed by atoms with E-state index in [1.54, 1.807) is 48.5 Å². The minimum atomic E-state index is -0.742. The van der Waals surface area contributed by atoms with Gasteiger partial charge in [-0.2, -0.15) is 0 Å². The minimum Gasteiger partial charge on any atom is -0.352 e. The summed E-state index contributed by atoms with van der Waals surface area (Å²) >= 11 is 6.18. The van der Waals surface area contributed by atoms with Crippen LogP contribution < -0.4 is 16.4 Å². The average molecular weight is 386 g/mol. The van der Waals surface area contributed by atoms with Gasteiger partial charge in [0.15, 0.2) is 0 Å². The lowest BCUT2D eigenvalue weighted by Gasteiger charge is -2.19. The molecule has 4 N–H and O–H groups in total. The monoisotopic (exact) mass is 385 g/mol. The van der Waals surface area contributed by atoms with Crippen LogP contribution >= 0.6 is 11.6 Å². The van der Waals surface area contributed by atoms with Gasteiger partial charge < -0.3 is 16.4 Å². The Bertz CT molecular complexity index is 946. The van der Waals surface area contributed by atoms with Gasteiger partial charge in [-0.25, -0.2) is 9.48 Å². The molecule has 0 unspecified atom stereocenters. The molecule has 0 fully saturated rings. The SMILES string of the molecule is NC(=O)N[C@@H](CC(=O)Nc1cccc(-n2cnnn2)c1)c1ccccc1Cl. The number of rotatable bonds is 6. The third-order valence-electron chi connectivity index (χ3n) is 3.73. The van der Waals surface area contributed by atoms with Crippen molar-refractivity contribution in [3.63, 3.8) is 0 Å². The predicted molar refractivity (Wildman–Crippen MR) is 99.3 cm³/mol. The number of carbonyl (C=O) groups excluding carboxylic acids is 2. The highest BCUT2D eigenvalue weighted by Gasteiger charge is 2.20. The van der Waals surface area contributed by atoms with E-state index in [0.717, 1.165) is 0 Å². The third kappa shape index (κ3) is 4.79. The number of tetrazole rings is 1. The topological polar surface area (TPSA) is 128 Å². The second-order valence-electron chi connectivity index (χ2n) is 5.64. The minimum absolute atomic E-state index is 0.0399. The molecule has 138 valence electrons. The molecule has 0 radical (unpaired) electrons. The number of aromatic nitrogens is 4. The first-order valence-corrected chi connectivity index (χ1v) is 8.34.